The van der Waals surface area contributed by atoms with Crippen molar-refractivity contribution in [1.29, 1.82) is 0 Å². The fourth-order valence-corrected chi connectivity index (χ4v) is 4.92. The van der Waals surface area contributed by atoms with Gasteiger partial charge in [0.2, 0.25) is 0 Å². The molecule has 0 spiro atoms. The zero-order valence-corrected chi connectivity index (χ0v) is 21.7. The highest BCUT2D eigenvalue weighted by Gasteiger charge is 2.36. The molecule has 1 heterocycles. The number of thioether (sulfide) groups is 1. The van der Waals surface area contributed by atoms with Gasteiger partial charge < -0.3 is 4.74 Å². The Labute approximate surface area is 216 Å². The minimum absolute atomic E-state index is 0.328. The van der Waals surface area contributed by atoms with Gasteiger partial charge in [0.15, 0.2) is 0 Å². The lowest BCUT2D eigenvalue weighted by Gasteiger charge is -2.12. The standard InChI is InChI=1S/C23H14ClI2NO3S/c24-16-4-8-18(9-5-16)27-22(28)21(31-23(27)29)12-15-3-10-20(19(26)11-15)30-13-14-1-6-17(25)7-2-14/h1-12H,13H2/b21-12+. The molecule has 0 bridgehead atoms. The highest BCUT2D eigenvalue weighted by atomic mass is 127. The van der Waals surface area contributed by atoms with E-state index in [0.717, 1.165) is 37.1 Å². The third-order valence-electron chi connectivity index (χ3n) is 4.44. The van der Waals surface area contributed by atoms with E-state index in [4.69, 9.17) is 16.3 Å². The normalized spacial score (nSPS) is 15.1. The molecule has 2 amide bonds. The molecule has 0 aromatic heterocycles. The summed E-state index contributed by atoms with van der Waals surface area (Å²) in [5.74, 6) is 0.428. The maximum Gasteiger partial charge on any atom is 0.298 e. The van der Waals surface area contributed by atoms with Crippen LogP contribution in [0.15, 0.2) is 71.6 Å². The van der Waals surface area contributed by atoms with Crippen LogP contribution in [0.1, 0.15) is 11.1 Å². The number of imide groups is 1. The van der Waals surface area contributed by atoms with E-state index in [-0.39, 0.29) is 11.1 Å². The van der Waals surface area contributed by atoms with E-state index < -0.39 is 0 Å². The molecule has 1 aliphatic rings. The molecule has 0 unspecified atom stereocenters. The fraction of sp³-hybridized carbons (Fsp3) is 0.0435. The van der Waals surface area contributed by atoms with Gasteiger partial charge in [-0.15, -0.1) is 0 Å². The zero-order chi connectivity index (χ0) is 22.0. The average Bonchev–Trinajstić information content (AvgIpc) is 3.02. The molecule has 0 aliphatic carbocycles. The van der Waals surface area contributed by atoms with Crippen molar-refractivity contribution in [3.8, 4) is 5.75 Å². The molecular formula is C23H14ClI2NO3S. The summed E-state index contributed by atoms with van der Waals surface area (Å²) in [7, 11) is 0. The summed E-state index contributed by atoms with van der Waals surface area (Å²) in [6.45, 7) is 0.478. The number of halogens is 3. The van der Waals surface area contributed by atoms with Crippen molar-refractivity contribution in [2.24, 2.45) is 0 Å². The van der Waals surface area contributed by atoms with Crippen molar-refractivity contribution >= 4 is 91.5 Å². The number of hydrogen-bond acceptors (Lipinski definition) is 4. The van der Waals surface area contributed by atoms with Gasteiger partial charge in [0, 0.05) is 8.59 Å². The van der Waals surface area contributed by atoms with Crippen LogP contribution < -0.4 is 9.64 Å². The molecule has 1 fully saturated rings. The third-order valence-corrected chi connectivity index (χ3v) is 7.12. The Kier molecular flexibility index (Phi) is 7.25. The number of carbonyl (C=O) groups excluding carboxylic acids is 2. The summed E-state index contributed by atoms with van der Waals surface area (Å²) in [4.78, 5) is 26.7. The van der Waals surface area contributed by atoms with Crippen molar-refractivity contribution in [1.82, 2.24) is 0 Å². The summed E-state index contributed by atoms with van der Waals surface area (Å²) >= 11 is 11.3. The summed E-state index contributed by atoms with van der Waals surface area (Å²) in [6, 6.07) is 20.5. The van der Waals surface area contributed by atoms with Crippen LogP contribution in [-0.4, -0.2) is 11.1 Å². The minimum Gasteiger partial charge on any atom is -0.488 e. The van der Waals surface area contributed by atoms with E-state index in [1.165, 1.54) is 3.57 Å². The molecule has 3 aromatic carbocycles. The number of ether oxygens (including phenoxy) is 1. The van der Waals surface area contributed by atoms with Crippen molar-refractivity contribution < 1.29 is 14.3 Å². The Hall–Kier alpha value is -1.56. The second-order valence-corrected chi connectivity index (χ2v) is 10.4. The number of nitrogens with zero attached hydrogens (tertiary/aromatic N) is 1. The molecular weight excluding hydrogens is 660 g/mol. The van der Waals surface area contributed by atoms with Gasteiger partial charge in [0.05, 0.1) is 14.2 Å². The van der Waals surface area contributed by atoms with Gasteiger partial charge in [0.1, 0.15) is 12.4 Å². The van der Waals surface area contributed by atoms with Crippen LogP contribution in [-0.2, 0) is 11.4 Å². The second-order valence-electron chi connectivity index (χ2n) is 6.60. The molecule has 1 aliphatic heterocycles. The zero-order valence-electron chi connectivity index (χ0n) is 15.8. The van der Waals surface area contributed by atoms with Crippen LogP contribution in [0.3, 0.4) is 0 Å². The van der Waals surface area contributed by atoms with Crippen LogP contribution >= 0.6 is 68.5 Å². The van der Waals surface area contributed by atoms with E-state index >= 15 is 0 Å². The molecule has 156 valence electrons. The van der Waals surface area contributed by atoms with Crippen LogP contribution in [0, 0.1) is 7.14 Å². The summed E-state index contributed by atoms with van der Waals surface area (Å²) in [5.41, 5.74) is 2.42. The van der Waals surface area contributed by atoms with Gasteiger partial charge in [-0.3, -0.25) is 9.59 Å². The summed E-state index contributed by atoms with van der Waals surface area (Å²) < 4.78 is 8.04. The fourth-order valence-electron chi connectivity index (χ4n) is 2.90. The highest BCUT2D eigenvalue weighted by Crippen LogP contribution is 2.36. The highest BCUT2D eigenvalue weighted by molar-refractivity contribution is 14.1. The lowest BCUT2D eigenvalue weighted by molar-refractivity contribution is -0.113. The SMILES string of the molecule is O=C1S/C(=C/c2ccc(OCc3ccc(I)cc3)c(I)c2)C(=O)N1c1ccc(Cl)cc1. The van der Waals surface area contributed by atoms with Gasteiger partial charge in [-0.05, 0) is 123 Å². The summed E-state index contributed by atoms with van der Waals surface area (Å²) in [5, 5.41) is 0.218. The number of amides is 2. The van der Waals surface area contributed by atoms with Crippen LogP contribution in [0.5, 0.6) is 5.75 Å². The van der Waals surface area contributed by atoms with E-state index in [9.17, 15) is 9.59 Å². The van der Waals surface area contributed by atoms with Gasteiger partial charge in [0.25, 0.3) is 11.1 Å². The Morgan fingerprint density at radius 1 is 0.968 bits per heavy atom. The minimum atomic E-state index is -0.341. The Morgan fingerprint density at radius 2 is 1.68 bits per heavy atom. The largest absolute Gasteiger partial charge is 0.488 e. The van der Waals surface area contributed by atoms with E-state index in [1.54, 1.807) is 30.3 Å². The number of benzene rings is 3. The first-order valence-electron chi connectivity index (χ1n) is 9.11. The predicted molar refractivity (Wildman–Crippen MR) is 143 cm³/mol. The second kappa shape index (κ2) is 9.93. The molecule has 0 atom stereocenters. The number of rotatable bonds is 5. The molecule has 4 nitrogen and oxygen atoms in total. The molecule has 0 radical (unpaired) electrons. The Bertz CT molecular complexity index is 1180. The average molecular weight is 674 g/mol. The number of anilines is 1. The van der Waals surface area contributed by atoms with Gasteiger partial charge in [-0.1, -0.05) is 29.8 Å². The monoisotopic (exact) mass is 673 g/mol. The molecule has 8 heteroatoms. The lowest BCUT2D eigenvalue weighted by Crippen LogP contribution is -2.27. The van der Waals surface area contributed by atoms with E-state index in [0.29, 0.717) is 22.2 Å². The third kappa shape index (κ3) is 5.44. The van der Waals surface area contributed by atoms with Crippen molar-refractivity contribution in [3.05, 3.63) is 94.9 Å². The molecule has 1 saturated heterocycles. The maximum absolute atomic E-state index is 12.8. The first-order valence-corrected chi connectivity index (χ1v) is 12.5. The molecule has 31 heavy (non-hydrogen) atoms. The number of carbonyl (C=O) groups is 2. The van der Waals surface area contributed by atoms with E-state index in [1.807, 2.05) is 42.5 Å². The predicted octanol–water partition coefficient (Wildman–Crippen LogP) is 7.37. The molecule has 3 aromatic rings. The summed E-state index contributed by atoms with van der Waals surface area (Å²) in [6.07, 6.45) is 1.73. The molecule has 0 saturated carbocycles. The van der Waals surface area contributed by atoms with E-state index in [2.05, 4.69) is 45.2 Å². The van der Waals surface area contributed by atoms with Gasteiger partial charge in [-0.2, -0.15) is 0 Å². The lowest BCUT2D eigenvalue weighted by atomic mass is 10.2. The maximum atomic E-state index is 12.8. The quantitative estimate of drug-likeness (QED) is 0.210. The van der Waals surface area contributed by atoms with Crippen molar-refractivity contribution in [3.63, 3.8) is 0 Å². The van der Waals surface area contributed by atoms with Crippen LogP contribution in [0.4, 0.5) is 10.5 Å². The molecule has 0 N–H and O–H groups in total. The topological polar surface area (TPSA) is 46.6 Å². The molecule has 4 rings (SSSR count). The van der Waals surface area contributed by atoms with Crippen LogP contribution in [0.2, 0.25) is 5.02 Å². The first-order chi connectivity index (χ1) is 14.9. The Balaban J connectivity index is 1.49. The van der Waals surface area contributed by atoms with Gasteiger partial charge in [-0.25, -0.2) is 4.90 Å². The Morgan fingerprint density at radius 3 is 2.35 bits per heavy atom. The smallest absolute Gasteiger partial charge is 0.298 e. The number of hydrogen-bond donors (Lipinski definition) is 0. The first kappa shape index (κ1) is 22.6. The van der Waals surface area contributed by atoms with Crippen LogP contribution in [0.25, 0.3) is 6.08 Å². The van der Waals surface area contributed by atoms with Gasteiger partial charge >= 0.3 is 0 Å². The van der Waals surface area contributed by atoms with Crippen molar-refractivity contribution in [2.45, 2.75) is 6.61 Å². The van der Waals surface area contributed by atoms with Crippen molar-refractivity contribution in [2.75, 3.05) is 4.90 Å².